The van der Waals surface area contributed by atoms with E-state index in [1.807, 2.05) is 0 Å². The highest BCUT2D eigenvalue weighted by atomic mass is 15.1. The van der Waals surface area contributed by atoms with Crippen LogP contribution in [-0.2, 0) is 16.2 Å². The van der Waals surface area contributed by atoms with Crippen LogP contribution in [0.5, 0.6) is 0 Å². The molecule has 0 aromatic heterocycles. The van der Waals surface area contributed by atoms with E-state index in [9.17, 15) is 0 Å². The predicted octanol–water partition coefficient (Wildman–Crippen LogP) is 16.9. The van der Waals surface area contributed by atoms with Crippen LogP contribution in [0.1, 0.15) is 73.9 Å². The molecule has 11 rings (SSSR count). The molecule has 9 aromatic rings. The highest BCUT2D eigenvalue weighted by molar-refractivity contribution is 5.97. The zero-order chi connectivity index (χ0) is 43.5. The molecule has 0 atom stereocenters. The summed E-state index contributed by atoms with van der Waals surface area (Å²) >= 11 is 0. The lowest BCUT2D eigenvalue weighted by molar-refractivity contribution is 0.333. The first-order chi connectivity index (χ1) is 31.2. The maximum atomic E-state index is 2.56. The van der Waals surface area contributed by atoms with E-state index in [2.05, 4.69) is 257 Å². The number of nitrogens with zero attached hydrogens (tertiary/aromatic N) is 1. The normalized spacial score (nSPS) is 15.1. The highest BCUT2D eigenvalue weighted by Crippen LogP contribution is 2.60. The van der Waals surface area contributed by atoms with Gasteiger partial charge < -0.3 is 4.90 Å². The maximum Gasteiger partial charge on any atom is 0.0714 e. The molecule has 1 nitrogen and oxygen atoms in total. The van der Waals surface area contributed by atoms with E-state index in [4.69, 9.17) is 0 Å². The summed E-state index contributed by atoms with van der Waals surface area (Å²) in [6, 6.07) is 83.5. The van der Waals surface area contributed by atoms with Crippen LogP contribution in [0.15, 0.2) is 224 Å². The fourth-order valence-corrected chi connectivity index (χ4v) is 11.1. The summed E-state index contributed by atoms with van der Waals surface area (Å²) in [4.78, 5) is 2.52. The van der Waals surface area contributed by atoms with Gasteiger partial charge >= 0.3 is 0 Å². The molecule has 2 aliphatic rings. The van der Waals surface area contributed by atoms with Crippen LogP contribution < -0.4 is 4.90 Å². The lowest BCUT2D eigenvalue weighted by Crippen LogP contribution is -2.34. The van der Waals surface area contributed by atoms with Gasteiger partial charge in [0.15, 0.2) is 0 Å². The Labute approximate surface area is 379 Å². The van der Waals surface area contributed by atoms with Crippen molar-refractivity contribution in [3.63, 3.8) is 0 Å². The number of anilines is 3. The van der Waals surface area contributed by atoms with Gasteiger partial charge in [0.1, 0.15) is 0 Å². The van der Waals surface area contributed by atoms with Gasteiger partial charge in [-0.25, -0.2) is 0 Å². The van der Waals surface area contributed by atoms with E-state index in [0.717, 1.165) is 24.2 Å². The van der Waals surface area contributed by atoms with Crippen molar-refractivity contribution in [1.82, 2.24) is 0 Å². The molecule has 0 unspecified atom stereocenters. The van der Waals surface area contributed by atoms with Crippen molar-refractivity contribution >= 4 is 17.1 Å². The van der Waals surface area contributed by atoms with Crippen LogP contribution in [0.25, 0.3) is 44.5 Å². The Balaban J connectivity index is 1.21. The number of hydrogen-bond acceptors (Lipinski definition) is 1. The van der Waals surface area contributed by atoms with Crippen LogP contribution in [0.3, 0.4) is 0 Å². The Morgan fingerprint density at radius 1 is 0.328 bits per heavy atom. The van der Waals surface area contributed by atoms with Crippen molar-refractivity contribution in [2.75, 3.05) is 4.90 Å². The first kappa shape index (κ1) is 39.6. The first-order valence-electron chi connectivity index (χ1n) is 22.9. The van der Waals surface area contributed by atoms with Crippen molar-refractivity contribution in [3.05, 3.63) is 258 Å². The quantitative estimate of drug-likeness (QED) is 0.148. The van der Waals surface area contributed by atoms with Gasteiger partial charge in [-0.1, -0.05) is 210 Å². The molecule has 0 N–H and O–H groups in total. The van der Waals surface area contributed by atoms with Gasteiger partial charge in [0.05, 0.1) is 11.1 Å². The summed E-state index contributed by atoms with van der Waals surface area (Å²) in [5, 5.41) is 0. The van der Waals surface area contributed by atoms with Gasteiger partial charge in [0, 0.05) is 16.9 Å². The molecular formula is C63H53N. The molecule has 1 heteroatoms. The van der Waals surface area contributed by atoms with Gasteiger partial charge in [-0.15, -0.1) is 0 Å². The highest BCUT2D eigenvalue weighted by Gasteiger charge is 2.47. The molecule has 0 saturated carbocycles. The van der Waals surface area contributed by atoms with E-state index < -0.39 is 5.41 Å². The van der Waals surface area contributed by atoms with Crippen molar-refractivity contribution < 1.29 is 0 Å². The molecule has 64 heavy (non-hydrogen) atoms. The topological polar surface area (TPSA) is 3.24 Å². The first-order valence-corrected chi connectivity index (χ1v) is 22.9. The zero-order valence-electron chi connectivity index (χ0n) is 37.2. The van der Waals surface area contributed by atoms with Gasteiger partial charge in [0.25, 0.3) is 0 Å². The van der Waals surface area contributed by atoms with Gasteiger partial charge in [-0.05, 0) is 138 Å². The summed E-state index contributed by atoms with van der Waals surface area (Å²) in [6.45, 7) is 9.80. The zero-order valence-corrected chi connectivity index (χ0v) is 37.2. The molecule has 0 heterocycles. The Morgan fingerprint density at radius 2 is 0.812 bits per heavy atom. The van der Waals surface area contributed by atoms with Gasteiger partial charge in [-0.2, -0.15) is 0 Å². The summed E-state index contributed by atoms with van der Waals surface area (Å²) in [6.07, 6.45) is 2.29. The fourth-order valence-electron chi connectivity index (χ4n) is 11.1. The van der Waals surface area contributed by atoms with Gasteiger partial charge in [0.2, 0.25) is 0 Å². The fraction of sp³-hybridized carbons (Fsp3) is 0.143. The third-order valence-electron chi connectivity index (χ3n) is 14.4. The second kappa shape index (κ2) is 15.5. The Kier molecular flexibility index (Phi) is 9.62. The van der Waals surface area contributed by atoms with Gasteiger partial charge in [-0.3, -0.25) is 0 Å². The average molecular weight is 824 g/mol. The third kappa shape index (κ3) is 6.45. The van der Waals surface area contributed by atoms with Crippen molar-refractivity contribution in [2.24, 2.45) is 0 Å². The number of fused-ring (bicyclic) bond motifs is 4. The van der Waals surface area contributed by atoms with Crippen LogP contribution in [0.2, 0.25) is 0 Å². The molecule has 0 saturated heterocycles. The molecular weight excluding hydrogens is 771 g/mol. The molecule has 9 aromatic carbocycles. The molecule has 0 radical (unpaired) electrons. The summed E-state index contributed by atoms with van der Waals surface area (Å²) in [5.74, 6) is 0. The Morgan fingerprint density at radius 3 is 1.47 bits per heavy atom. The maximum absolute atomic E-state index is 2.56. The second-order valence-electron chi connectivity index (χ2n) is 19.1. The number of para-hydroxylation sites is 1. The molecule has 0 bridgehead atoms. The largest absolute Gasteiger partial charge is 0.310 e. The number of benzene rings is 9. The van der Waals surface area contributed by atoms with E-state index in [1.54, 1.807) is 0 Å². The monoisotopic (exact) mass is 823 g/mol. The van der Waals surface area contributed by atoms with Crippen molar-refractivity contribution in [2.45, 2.75) is 56.8 Å². The van der Waals surface area contributed by atoms with Crippen LogP contribution >= 0.6 is 0 Å². The second-order valence-corrected chi connectivity index (χ2v) is 19.1. The molecule has 0 amide bonds. The molecule has 310 valence electrons. The van der Waals surface area contributed by atoms with E-state index >= 15 is 0 Å². The van der Waals surface area contributed by atoms with E-state index in [0.29, 0.717) is 0 Å². The number of hydrogen-bond donors (Lipinski definition) is 0. The summed E-state index contributed by atoms with van der Waals surface area (Å²) < 4.78 is 0. The number of rotatable bonds is 8. The predicted molar refractivity (Wildman–Crippen MR) is 270 cm³/mol. The lowest BCUT2D eigenvalue weighted by atomic mass is 9.61. The SMILES string of the molecule is CC1(C)CCC(C)(C)c2c(-c3cc4c(cc3N(c3ccccc3)c3ccc(-c5cccc(-c6ccccc6)c5)cc3)C(c3ccccc3)(c3ccccc3)c3ccccc3-4)cccc21. The summed E-state index contributed by atoms with van der Waals surface area (Å²) in [5.41, 5.74) is 20.9. The third-order valence-corrected chi connectivity index (χ3v) is 14.4. The van der Waals surface area contributed by atoms with E-state index in [1.165, 1.54) is 83.6 Å². The molecule has 0 spiro atoms. The van der Waals surface area contributed by atoms with Crippen molar-refractivity contribution in [3.8, 4) is 44.5 Å². The van der Waals surface area contributed by atoms with Crippen LogP contribution in [0.4, 0.5) is 17.1 Å². The molecule has 0 fully saturated rings. The smallest absolute Gasteiger partial charge is 0.0714 e. The minimum absolute atomic E-state index is 0.0129. The Hall–Kier alpha value is -7.22. The van der Waals surface area contributed by atoms with Crippen molar-refractivity contribution in [1.29, 1.82) is 0 Å². The minimum Gasteiger partial charge on any atom is -0.310 e. The van der Waals surface area contributed by atoms with Crippen LogP contribution in [-0.4, -0.2) is 0 Å². The standard InChI is InChI=1S/C63H53N/c1-61(2)39-40-62(3,4)60-53(32-20-34-57(60)61)55-42-54-52-31-17-18-33-56(52)63(48-25-11-6-12-26-48,49-27-13-7-14-28-49)58(54)43-59(55)64(50-29-15-8-16-30-50)51-37-35-45(36-38-51)47-24-19-23-46(41-47)44-21-9-5-10-22-44/h5-38,41-43H,39-40H2,1-4H3. The lowest BCUT2D eigenvalue weighted by Gasteiger charge is -2.43. The minimum atomic E-state index is -0.547. The summed E-state index contributed by atoms with van der Waals surface area (Å²) in [7, 11) is 0. The average Bonchev–Trinajstić information content (AvgIpc) is 3.64. The molecule has 0 aliphatic heterocycles. The van der Waals surface area contributed by atoms with Crippen LogP contribution in [0, 0.1) is 0 Å². The van der Waals surface area contributed by atoms with E-state index in [-0.39, 0.29) is 10.8 Å². The molecule has 2 aliphatic carbocycles. The Bertz CT molecular complexity index is 3090.